The summed E-state index contributed by atoms with van der Waals surface area (Å²) >= 11 is 0. The Kier molecular flexibility index (Phi) is 5.46. The first-order valence-electron chi connectivity index (χ1n) is 8.11. The van der Waals surface area contributed by atoms with Crippen LogP contribution in [0.1, 0.15) is 80.1 Å². The van der Waals surface area contributed by atoms with Crippen LogP contribution in [-0.4, -0.2) is 10.9 Å². The van der Waals surface area contributed by atoms with Gasteiger partial charge in [0, 0.05) is 16.9 Å². The normalized spacial score (nSPS) is 21.5. The number of rotatable bonds is 5. The number of carbonyl (C=O) groups excluding carboxylic acids is 1. The highest BCUT2D eigenvalue weighted by molar-refractivity contribution is 5.97. The zero-order chi connectivity index (χ0) is 15.6. The van der Waals surface area contributed by atoms with Gasteiger partial charge < -0.3 is 5.11 Å². The van der Waals surface area contributed by atoms with Crippen molar-refractivity contribution in [2.24, 2.45) is 16.7 Å². The maximum Gasteiger partial charge on any atom is 0.165 e. The van der Waals surface area contributed by atoms with E-state index in [0.29, 0.717) is 16.7 Å². The number of allylic oxidation sites excluding steroid dienone is 2. The molecular formula is C18H32O2. The Labute approximate surface area is 124 Å². The average Bonchev–Trinajstić information content (AvgIpc) is 2.44. The molecule has 1 rings (SSSR count). The lowest BCUT2D eigenvalue weighted by Gasteiger charge is -2.34. The molecule has 0 heterocycles. The lowest BCUT2D eigenvalue weighted by atomic mass is 9.70. The largest absolute Gasteiger partial charge is 0.511 e. The topological polar surface area (TPSA) is 37.3 Å². The summed E-state index contributed by atoms with van der Waals surface area (Å²) in [5, 5.41) is 10.5. The number of hydrogen-bond acceptors (Lipinski definition) is 2. The number of aliphatic hydroxyl groups excluding tert-OH is 1. The van der Waals surface area contributed by atoms with E-state index in [4.69, 9.17) is 0 Å². The lowest BCUT2D eigenvalue weighted by molar-refractivity contribution is -0.121. The van der Waals surface area contributed by atoms with Gasteiger partial charge in [0.05, 0.1) is 0 Å². The van der Waals surface area contributed by atoms with Gasteiger partial charge in [-0.2, -0.15) is 0 Å². The van der Waals surface area contributed by atoms with Crippen LogP contribution in [0.4, 0.5) is 0 Å². The first-order chi connectivity index (χ1) is 9.17. The second kappa shape index (κ2) is 6.32. The third-order valence-corrected chi connectivity index (χ3v) is 5.57. The second-order valence-electron chi connectivity index (χ2n) is 7.54. The Morgan fingerprint density at radius 1 is 1.20 bits per heavy atom. The second-order valence-corrected chi connectivity index (χ2v) is 7.54. The first kappa shape index (κ1) is 17.3. The van der Waals surface area contributed by atoms with Gasteiger partial charge in [-0.3, -0.25) is 4.79 Å². The van der Waals surface area contributed by atoms with Crippen LogP contribution in [0.5, 0.6) is 0 Å². The van der Waals surface area contributed by atoms with E-state index in [1.165, 1.54) is 0 Å². The number of ketones is 1. The van der Waals surface area contributed by atoms with E-state index < -0.39 is 0 Å². The lowest BCUT2D eigenvalue weighted by Crippen LogP contribution is -2.28. The van der Waals surface area contributed by atoms with E-state index in [-0.39, 0.29) is 17.1 Å². The summed E-state index contributed by atoms with van der Waals surface area (Å²) in [7, 11) is 0. The Hall–Kier alpha value is -0.790. The monoisotopic (exact) mass is 280 g/mol. The van der Waals surface area contributed by atoms with Crippen molar-refractivity contribution in [3.05, 3.63) is 11.3 Å². The molecule has 0 aromatic rings. The Balaban J connectivity index is 2.86. The first-order valence-corrected chi connectivity index (χ1v) is 8.11. The summed E-state index contributed by atoms with van der Waals surface area (Å²) in [5.74, 6) is 0.603. The van der Waals surface area contributed by atoms with Gasteiger partial charge in [-0.1, -0.05) is 34.6 Å². The van der Waals surface area contributed by atoms with E-state index in [0.717, 1.165) is 38.5 Å². The highest BCUT2D eigenvalue weighted by Gasteiger charge is 2.34. The van der Waals surface area contributed by atoms with Crippen molar-refractivity contribution in [2.45, 2.75) is 80.1 Å². The van der Waals surface area contributed by atoms with Crippen LogP contribution in [-0.2, 0) is 4.79 Å². The van der Waals surface area contributed by atoms with Gasteiger partial charge in [0.25, 0.3) is 0 Å². The third-order valence-electron chi connectivity index (χ3n) is 5.57. The smallest absolute Gasteiger partial charge is 0.165 e. The molecule has 0 saturated heterocycles. The molecule has 0 atom stereocenters. The van der Waals surface area contributed by atoms with Gasteiger partial charge >= 0.3 is 0 Å². The fraction of sp³-hybridized carbons (Fsp3) is 0.833. The quantitative estimate of drug-likeness (QED) is 0.538. The van der Waals surface area contributed by atoms with E-state index in [2.05, 4.69) is 27.7 Å². The van der Waals surface area contributed by atoms with Gasteiger partial charge in [-0.25, -0.2) is 0 Å². The fourth-order valence-electron chi connectivity index (χ4n) is 3.12. The number of carbonyl (C=O) groups is 1. The molecule has 20 heavy (non-hydrogen) atoms. The minimum absolute atomic E-state index is 0.114. The molecule has 0 radical (unpaired) electrons. The summed E-state index contributed by atoms with van der Waals surface area (Å²) in [6.45, 7) is 12.5. The molecule has 2 heteroatoms. The summed E-state index contributed by atoms with van der Waals surface area (Å²) in [5.41, 5.74) is 0.715. The third kappa shape index (κ3) is 3.65. The molecule has 0 aromatic heterocycles. The highest BCUT2D eigenvalue weighted by atomic mass is 16.3. The fourth-order valence-corrected chi connectivity index (χ4v) is 3.12. The van der Waals surface area contributed by atoms with E-state index >= 15 is 0 Å². The highest BCUT2D eigenvalue weighted by Crippen LogP contribution is 2.40. The molecule has 2 nitrogen and oxygen atoms in total. The molecule has 1 N–H and O–H groups in total. The molecule has 116 valence electrons. The molecule has 0 spiro atoms. The van der Waals surface area contributed by atoms with Crippen molar-refractivity contribution in [1.82, 2.24) is 0 Å². The molecule has 0 aromatic carbocycles. The predicted octanol–water partition coefficient (Wildman–Crippen LogP) is 5.43. The van der Waals surface area contributed by atoms with Gasteiger partial charge in [0.15, 0.2) is 5.78 Å². The molecule has 0 bridgehead atoms. The standard InChI is InChI=1S/C18H32O2/c1-7-18(6,8-2)16(20)13(3)15(19)14-9-11-17(4,5)12-10-14/h14,20H,7-12H2,1-6H3. The van der Waals surface area contributed by atoms with Gasteiger partial charge in [0.1, 0.15) is 5.76 Å². The zero-order valence-corrected chi connectivity index (χ0v) is 14.2. The Morgan fingerprint density at radius 2 is 1.65 bits per heavy atom. The van der Waals surface area contributed by atoms with Gasteiger partial charge in [-0.05, 0) is 50.9 Å². The molecule has 0 unspecified atom stereocenters. The van der Waals surface area contributed by atoms with Crippen molar-refractivity contribution < 1.29 is 9.90 Å². The van der Waals surface area contributed by atoms with Crippen molar-refractivity contribution >= 4 is 5.78 Å². The number of aliphatic hydroxyl groups is 1. The molecule has 0 aliphatic heterocycles. The minimum Gasteiger partial charge on any atom is -0.511 e. The van der Waals surface area contributed by atoms with Crippen LogP contribution >= 0.6 is 0 Å². The minimum atomic E-state index is -0.256. The summed E-state index contributed by atoms with van der Waals surface area (Å²) in [6, 6.07) is 0. The average molecular weight is 280 g/mol. The molecule has 0 amide bonds. The Bertz CT molecular complexity index is 376. The van der Waals surface area contributed by atoms with Crippen molar-refractivity contribution in [3.8, 4) is 0 Å². The van der Waals surface area contributed by atoms with Gasteiger partial charge in [0.2, 0.25) is 0 Å². The SMILES string of the molecule is CCC(C)(CC)C(O)=C(C)C(=O)C1CCC(C)(C)CC1. The zero-order valence-electron chi connectivity index (χ0n) is 14.2. The van der Waals surface area contributed by atoms with Crippen LogP contribution in [0.3, 0.4) is 0 Å². The summed E-state index contributed by atoms with van der Waals surface area (Å²) < 4.78 is 0. The molecule has 1 aliphatic rings. The van der Waals surface area contributed by atoms with Crippen LogP contribution in [0, 0.1) is 16.7 Å². The molecule has 1 aliphatic carbocycles. The molecule has 1 saturated carbocycles. The maximum absolute atomic E-state index is 12.6. The van der Waals surface area contributed by atoms with Crippen molar-refractivity contribution in [3.63, 3.8) is 0 Å². The molecule has 1 fully saturated rings. The van der Waals surface area contributed by atoms with E-state index in [9.17, 15) is 9.90 Å². The van der Waals surface area contributed by atoms with Crippen LogP contribution < -0.4 is 0 Å². The summed E-state index contributed by atoms with van der Waals surface area (Å²) in [6.07, 6.45) is 5.86. The van der Waals surface area contributed by atoms with Crippen molar-refractivity contribution in [2.75, 3.05) is 0 Å². The van der Waals surface area contributed by atoms with E-state index in [1.807, 2.05) is 6.92 Å². The van der Waals surface area contributed by atoms with E-state index in [1.54, 1.807) is 6.92 Å². The number of hydrogen-bond donors (Lipinski definition) is 1. The van der Waals surface area contributed by atoms with Crippen molar-refractivity contribution in [1.29, 1.82) is 0 Å². The molecular weight excluding hydrogens is 248 g/mol. The van der Waals surface area contributed by atoms with Crippen LogP contribution in [0.15, 0.2) is 11.3 Å². The Morgan fingerprint density at radius 3 is 2.05 bits per heavy atom. The number of Topliss-reactive ketones (excluding diaryl/α,β-unsaturated/α-hetero) is 1. The summed E-state index contributed by atoms with van der Waals surface area (Å²) in [4.78, 5) is 12.6. The van der Waals surface area contributed by atoms with Crippen LogP contribution in [0.25, 0.3) is 0 Å². The predicted molar refractivity (Wildman–Crippen MR) is 84.8 cm³/mol. The maximum atomic E-state index is 12.6. The van der Waals surface area contributed by atoms with Gasteiger partial charge in [-0.15, -0.1) is 0 Å². The van der Waals surface area contributed by atoms with Crippen LogP contribution in [0.2, 0.25) is 0 Å².